The monoisotopic (exact) mass is 244 g/mol. The summed E-state index contributed by atoms with van der Waals surface area (Å²) in [7, 11) is 4.05. The van der Waals surface area contributed by atoms with E-state index in [2.05, 4.69) is 34.4 Å². The lowest BCUT2D eigenvalue weighted by molar-refractivity contribution is 0.713. The molecule has 0 atom stereocenters. The van der Waals surface area contributed by atoms with Gasteiger partial charge in [-0.25, -0.2) is 0 Å². The standard InChI is InChI=1S/C14H20N4/c1-16-7-3-9-18(2)13-5-4-11-10-17-8-6-12(11)14(13)15/h4-6,8,10,16H,3,7,9,15H2,1-2H3. The molecular formula is C14H20N4. The van der Waals surface area contributed by atoms with Gasteiger partial charge in [0.15, 0.2) is 0 Å². The van der Waals surface area contributed by atoms with Crippen LogP contribution in [0.15, 0.2) is 30.6 Å². The van der Waals surface area contributed by atoms with E-state index in [1.807, 2.05) is 19.3 Å². The molecule has 0 aliphatic heterocycles. The molecule has 0 fully saturated rings. The van der Waals surface area contributed by atoms with Crippen LogP contribution in [-0.4, -0.2) is 32.2 Å². The van der Waals surface area contributed by atoms with E-state index >= 15 is 0 Å². The van der Waals surface area contributed by atoms with Crippen LogP contribution in [0.25, 0.3) is 10.8 Å². The maximum Gasteiger partial charge on any atom is 0.0632 e. The van der Waals surface area contributed by atoms with Gasteiger partial charge >= 0.3 is 0 Å². The van der Waals surface area contributed by atoms with Crippen molar-refractivity contribution in [3.63, 3.8) is 0 Å². The minimum Gasteiger partial charge on any atom is -0.397 e. The van der Waals surface area contributed by atoms with Crippen LogP contribution in [0.1, 0.15) is 6.42 Å². The Hall–Kier alpha value is -1.81. The summed E-state index contributed by atoms with van der Waals surface area (Å²) in [5, 5.41) is 5.31. The Labute approximate surface area is 108 Å². The maximum absolute atomic E-state index is 6.24. The molecule has 1 aromatic heterocycles. The average Bonchev–Trinajstić information content (AvgIpc) is 2.39. The lowest BCUT2D eigenvalue weighted by Crippen LogP contribution is -2.23. The molecule has 0 radical (unpaired) electrons. The fourth-order valence-electron chi connectivity index (χ4n) is 2.13. The van der Waals surface area contributed by atoms with Gasteiger partial charge in [-0.2, -0.15) is 0 Å². The van der Waals surface area contributed by atoms with Crippen molar-refractivity contribution in [1.29, 1.82) is 0 Å². The Morgan fingerprint density at radius 2 is 2.17 bits per heavy atom. The predicted molar refractivity (Wildman–Crippen MR) is 78.0 cm³/mol. The van der Waals surface area contributed by atoms with Crippen molar-refractivity contribution in [2.24, 2.45) is 0 Å². The third kappa shape index (κ3) is 2.54. The van der Waals surface area contributed by atoms with E-state index in [1.165, 1.54) is 0 Å². The Morgan fingerprint density at radius 1 is 1.33 bits per heavy atom. The number of nitrogens with zero attached hydrogens (tertiary/aromatic N) is 2. The summed E-state index contributed by atoms with van der Waals surface area (Å²) in [5.74, 6) is 0. The molecular weight excluding hydrogens is 224 g/mol. The van der Waals surface area contributed by atoms with Crippen LogP contribution >= 0.6 is 0 Å². The molecule has 3 N–H and O–H groups in total. The molecule has 4 heteroatoms. The van der Waals surface area contributed by atoms with E-state index in [4.69, 9.17) is 5.73 Å². The number of nitrogen functional groups attached to an aromatic ring is 1. The summed E-state index contributed by atoms with van der Waals surface area (Å²) >= 11 is 0. The molecule has 0 unspecified atom stereocenters. The van der Waals surface area contributed by atoms with Crippen molar-refractivity contribution in [2.45, 2.75) is 6.42 Å². The number of benzene rings is 1. The zero-order valence-corrected chi connectivity index (χ0v) is 11.0. The van der Waals surface area contributed by atoms with E-state index < -0.39 is 0 Å². The molecule has 0 aliphatic rings. The molecule has 1 heterocycles. The number of hydrogen-bond acceptors (Lipinski definition) is 4. The van der Waals surface area contributed by atoms with Crippen LogP contribution in [0.2, 0.25) is 0 Å². The van der Waals surface area contributed by atoms with Gasteiger partial charge in [0.2, 0.25) is 0 Å². The Morgan fingerprint density at radius 3 is 2.94 bits per heavy atom. The Kier molecular flexibility index (Phi) is 3.99. The highest BCUT2D eigenvalue weighted by atomic mass is 15.1. The van der Waals surface area contributed by atoms with Gasteiger partial charge in [0.05, 0.1) is 11.4 Å². The third-order valence-corrected chi connectivity index (χ3v) is 3.17. The second-order valence-corrected chi connectivity index (χ2v) is 4.47. The topological polar surface area (TPSA) is 54.2 Å². The molecule has 0 saturated heterocycles. The van der Waals surface area contributed by atoms with Crippen molar-refractivity contribution in [3.05, 3.63) is 30.6 Å². The lowest BCUT2D eigenvalue weighted by Gasteiger charge is -2.22. The van der Waals surface area contributed by atoms with E-state index in [9.17, 15) is 0 Å². The summed E-state index contributed by atoms with van der Waals surface area (Å²) in [6.45, 7) is 2.00. The summed E-state index contributed by atoms with van der Waals surface area (Å²) in [4.78, 5) is 6.31. The molecule has 18 heavy (non-hydrogen) atoms. The van der Waals surface area contributed by atoms with E-state index in [1.54, 1.807) is 6.20 Å². The summed E-state index contributed by atoms with van der Waals surface area (Å²) in [5.41, 5.74) is 8.16. The molecule has 4 nitrogen and oxygen atoms in total. The molecule has 2 rings (SSSR count). The van der Waals surface area contributed by atoms with Crippen LogP contribution in [0, 0.1) is 0 Å². The number of anilines is 2. The fraction of sp³-hybridized carbons (Fsp3) is 0.357. The van der Waals surface area contributed by atoms with Crippen LogP contribution in [0.5, 0.6) is 0 Å². The zero-order valence-electron chi connectivity index (χ0n) is 11.0. The molecule has 0 saturated carbocycles. The van der Waals surface area contributed by atoms with E-state index in [0.717, 1.165) is 41.7 Å². The predicted octanol–water partition coefficient (Wildman–Crippen LogP) is 1.86. The molecule has 1 aromatic carbocycles. The Balaban J connectivity index is 2.25. The van der Waals surface area contributed by atoms with Crippen molar-refractivity contribution in [3.8, 4) is 0 Å². The maximum atomic E-state index is 6.24. The largest absolute Gasteiger partial charge is 0.397 e. The smallest absolute Gasteiger partial charge is 0.0632 e. The molecule has 2 aromatic rings. The van der Waals surface area contributed by atoms with Crippen molar-refractivity contribution in [2.75, 3.05) is 37.8 Å². The zero-order chi connectivity index (χ0) is 13.0. The van der Waals surface area contributed by atoms with Gasteiger partial charge < -0.3 is 16.0 Å². The second kappa shape index (κ2) is 5.69. The average molecular weight is 244 g/mol. The van der Waals surface area contributed by atoms with E-state index in [-0.39, 0.29) is 0 Å². The fourth-order valence-corrected chi connectivity index (χ4v) is 2.13. The van der Waals surface area contributed by atoms with Gasteiger partial charge in [-0.15, -0.1) is 0 Å². The van der Waals surface area contributed by atoms with Gasteiger partial charge in [0, 0.05) is 36.8 Å². The van der Waals surface area contributed by atoms with Gasteiger partial charge in [-0.1, -0.05) is 6.07 Å². The van der Waals surface area contributed by atoms with Gasteiger partial charge in [-0.05, 0) is 32.1 Å². The van der Waals surface area contributed by atoms with Crippen LogP contribution in [0.3, 0.4) is 0 Å². The lowest BCUT2D eigenvalue weighted by atomic mass is 10.1. The number of nitrogens with one attached hydrogen (secondary N) is 1. The van der Waals surface area contributed by atoms with Crippen molar-refractivity contribution < 1.29 is 0 Å². The summed E-state index contributed by atoms with van der Waals surface area (Å²) in [6.07, 6.45) is 4.72. The first-order chi connectivity index (χ1) is 8.74. The van der Waals surface area contributed by atoms with Gasteiger partial charge in [0.1, 0.15) is 0 Å². The number of fused-ring (bicyclic) bond motifs is 1. The highest BCUT2D eigenvalue weighted by molar-refractivity contribution is 5.98. The second-order valence-electron chi connectivity index (χ2n) is 4.47. The quantitative estimate of drug-likeness (QED) is 0.622. The molecule has 96 valence electrons. The minimum absolute atomic E-state index is 0.835. The first-order valence-corrected chi connectivity index (χ1v) is 6.22. The van der Waals surface area contributed by atoms with Crippen LogP contribution in [-0.2, 0) is 0 Å². The number of hydrogen-bond donors (Lipinski definition) is 2. The van der Waals surface area contributed by atoms with Gasteiger partial charge in [-0.3, -0.25) is 4.98 Å². The van der Waals surface area contributed by atoms with Crippen LogP contribution < -0.4 is 16.0 Å². The first kappa shape index (κ1) is 12.6. The molecule has 0 bridgehead atoms. The highest BCUT2D eigenvalue weighted by Crippen LogP contribution is 2.30. The normalized spacial score (nSPS) is 10.8. The number of rotatable bonds is 5. The van der Waals surface area contributed by atoms with Crippen LogP contribution in [0.4, 0.5) is 11.4 Å². The van der Waals surface area contributed by atoms with Crippen molar-refractivity contribution >= 4 is 22.1 Å². The summed E-state index contributed by atoms with van der Waals surface area (Å²) < 4.78 is 0. The van der Waals surface area contributed by atoms with Gasteiger partial charge in [0.25, 0.3) is 0 Å². The molecule has 0 aliphatic carbocycles. The minimum atomic E-state index is 0.835. The first-order valence-electron chi connectivity index (χ1n) is 6.22. The summed E-state index contributed by atoms with van der Waals surface area (Å²) in [6, 6.07) is 6.11. The number of pyridine rings is 1. The number of aromatic nitrogens is 1. The Bertz CT molecular complexity index is 524. The molecule has 0 spiro atoms. The number of nitrogens with two attached hydrogens (primary N) is 1. The highest BCUT2D eigenvalue weighted by Gasteiger charge is 2.08. The molecule has 0 amide bonds. The third-order valence-electron chi connectivity index (χ3n) is 3.17. The van der Waals surface area contributed by atoms with E-state index in [0.29, 0.717) is 0 Å². The van der Waals surface area contributed by atoms with Crippen molar-refractivity contribution in [1.82, 2.24) is 10.3 Å². The SMILES string of the molecule is CNCCCN(C)c1ccc2cnccc2c1N.